The molecule has 0 saturated heterocycles. The molecule has 0 spiro atoms. The molecule has 2 N–H and O–H groups in total. The van der Waals surface area contributed by atoms with Gasteiger partial charge >= 0.3 is 0 Å². The van der Waals surface area contributed by atoms with Crippen LogP contribution in [0.2, 0.25) is 0 Å². The van der Waals surface area contributed by atoms with Crippen molar-refractivity contribution < 1.29 is 14.3 Å². The van der Waals surface area contributed by atoms with E-state index < -0.39 is 0 Å². The normalized spacial score (nSPS) is 24.4. The Labute approximate surface area is 118 Å². The van der Waals surface area contributed by atoms with Crippen LogP contribution in [0.25, 0.3) is 0 Å². The van der Waals surface area contributed by atoms with Crippen molar-refractivity contribution in [2.45, 2.75) is 31.4 Å². The number of amides is 1. The van der Waals surface area contributed by atoms with Gasteiger partial charge in [-0.3, -0.25) is 4.79 Å². The van der Waals surface area contributed by atoms with Gasteiger partial charge in [0.25, 0.3) is 5.91 Å². The topological polar surface area (TPSA) is 59.6 Å². The highest BCUT2D eigenvalue weighted by Gasteiger charge is 2.29. The number of para-hydroxylation sites is 1. The fraction of sp³-hybridized carbons (Fsp3) is 0.533. The van der Waals surface area contributed by atoms with E-state index in [0.717, 1.165) is 31.5 Å². The number of anilines is 1. The van der Waals surface area contributed by atoms with E-state index in [0.29, 0.717) is 17.9 Å². The van der Waals surface area contributed by atoms with E-state index in [4.69, 9.17) is 9.47 Å². The number of carbonyl (C=O) groups is 1. The zero-order valence-corrected chi connectivity index (χ0v) is 11.6. The molecule has 3 rings (SSSR count). The van der Waals surface area contributed by atoms with Gasteiger partial charge in [0.05, 0.1) is 23.4 Å². The van der Waals surface area contributed by atoms with Crippen molar-refractivity contribution in [2.75, 3.05) is 25.6 Å². The van der Waals surface area contributed by atoms with Crippen LogP contribution in [0.3, 0.4) is 0 Å². The summed E-state index contributed by atoms with van der Waals surface area (Å²) in [6.07, 6.45) is 3.19. The van der Waals surface area contributed by atoms with Crippen LogP contribution in [0.4, 0.5) is 5.69 Å². The standard InChI is InChI=1S/C15H20N2O3/c1-19-13-7-3-5-11(13)17-15(18)10-4-2-6-12-14(10)20-9-8-16-12/h2,4,6,11,13,16H,3,5,7-9H2,1H3,(H,17,18). The van der Waals surface area contributed by atoms with Gasteiger partial charge in [-0.25, -0.2) is 0 Å². The van der Waals surface area contributed by atoms with Gasteiger partial charge < -0.3 is 20.1 Å². The number of fused-ring (bicyclic) bond motifs is 1. The fourth-order valence-electron chi connectivity index (χ4n) is 2.97. The minimum absolute atomic E-state index is 0.0838. The van der Waals surface area contributed by atoms with Gasteiger partial charge in [0.15, 0.2) is 5.75 Å². The van der Waals surface area contributed by atoms with E-state index in [1.54, 1.807) is 13.2 Å². The smallest absolute Gasteiger partial charge is 0.255 e. The molecule has 1 aliphatic heterocycles. The second kappa shape index (κ2) is 5.71. The third kappa shape index (κ3) is 2.45. The van der Waals surface area contributed by atoms with Gasteiger partial charge in [-0.1, -0.05) is 6.07 Å². The van der Waals surface area contributed by atoms with E-state index in [1.807, 2.05) is 12.1 Å². The largest absolute Gasteiger partial charge is 0.489 e. The summed E-state index contributed by atoms with van der Waals surface area (Å²) >= 11 is 0. The van der Waals surface area contributed by atoms with Crippen LogP contribution in [0.5, 0.6) is 5.75 Å². The predicted octanol–water partition coefficient (Wildman–Crippen LogP) is 1.79. The third-order valence-electron chi connectivity index (χ3n) is 4.00. The number of nitrogens with one attached hydrogen (secondary N) is 2. The van der Waals surface area contributed by atoms with Crippen molar-refractivity contribution in [2.24, 2.45) is 0 Å². The maximum Gasteiger partial charge on any atom is 0.255 e. The molecule has 20 heavy (non-hydrogen) atoms. The summed E-state index contributed by atoms with van der Waals surface area (Å²) in [7, 11) is 1.70. The Morgan fingerprint density at radius 3 is 3.20 bits per heavy atom. The van der Waals surface area contributed by atoms with Crippen molar-refractivity contribution in [1.29, 1.82) is 0 Å². The van der Waals surface area contributed by atoms with Gasteiger partial charge in [0.2, 0.25) is 0 Å². The van der Waals surface area contributed by atoms with Crippen molar-refractivity contribution >= 4 is 11.6 Å². The second-order valence-electron chi connectivity index (χ2n) is 5.24. The first-order valence-electron chi connectivity index (χ1n) is 7.13. The lowest BCUT2D eigenvalue weighted by molar-refractivity contribution is 0.0720. The molecule has 2 aliphatic rings. The number of hydrogen-bond acceptors (Lipinski definition) is 4. The number of carbonyl (C=O) groups excluding carboxylic acids is 1. The average molecular weight is 276 g/mol. The summed E-state index contributed by atoms with van der Waals surface area (Å²) in [5.74, 6) is 0.572. The van der Waals surface area contributed by atoms with Gasteiger partial charge in [-0.05, 0) is 31.4 Å². The Kier molecular flexibility index (Phi) is 3.78. The molecule has 0 radical (unpaired) electrons. The first-order valence-corrected chi connectivity index (χ1v) is 7.13. The molecule has 5 nitrogen and oxygen atoms in total. The molecule has 1 aromatic carbocycles. The molecule has 1 saturated carbocycles. The lowest BCUT2D eigenvalue weighted by Gasteiger charge is -2.23. The summed E-state index contributed by atoms with van der Waals surface area (Å²) < 4.78 is 11.1. The molecule has 1 amide bonds. The zero-order valence-electron chi connectivity index (χ0n) is 11.6. The SMILES string of the molecule is COC1CCCC1NC(=O)c1cccc2c1OCCN2. The Morgan fingerprint density at radius 1 is 1.45 bits per heavy atom. The lowest BCUT2D eigenvalue weighted by Crippen LogP contribution is -2.41. The van der Waals surface area contributed by atoms with Crippen LogP contribution < -0.4 is 15.4 Å². The maximum absolute atomic E-state index is 12.5. The van der Waals surface area contributed by atoms with E-state index in [2.05, 4.69) is 10.6 Å². The summed E-state index contributed by atoms with van der Waals surface area (Å²) in [5.41, 5.74) is 1.48. The van der Waals surface area contributed by atoms with Crippen molar-refractivity contribution in [1.82, 2.24) is 5.32 Å². The Hall–Kier alpha value is -1.75. The van der Waals surface area contributed by atoms with Gasteiger partial charge in [-0.2, -0.15) is 0 Å². The highest BCUT2D eigenvalue weighted by atomic mass is 16.5. The first kappa shape index (κ1) is 13.2. The molecule has 1 fully saturated rings. The fourth-order valence-corrected chi connectivity index (χ4v) is 2.97. The molecule has 0 bridgehead atoms. The molecular formula is C15H20N2O3. The predicted molar refractivity (Wildman–Crippen MR) is 76.3 cm³/mol. The van der Waals surface area contributed by atoms with Crippen LogP contribution in [0, 0.1) is 0 Å². The van der Waals surface area contributed by atoms with Crippen LogP contribution >= 0.6 is 0 Å². The van der Waals surface area contributed by atoms with Crippen LogP contribution in [-0.2, 0) is 4.74 Å². The minimum atomic E-state index is -0.0838. The molecule has 1 aliphatic carbocycles. The summed E-state index contributed by atoms with van der Waals surface area (Å²) in [5, 5.41) is 6.32. The first-order chi connectivity index (χ1) is 9.79. The zero-order chi connectivity index (χ0) is 13.9. The number of benzene rings is 1. The maximum atomic E-state index is 12.5. The van der Waals surface area contributed by atoms with Crippen LogP contribution in [0.1, 0.15) is 29.6 Å². The van der Waals surface area contributed by atoms with Crippen LogP contribution in [-0.4, -0.2) is 38.3 Å². The molecule has 1 aromatic rings. The Bertz CT molecular complexity index is 504. The Morgan fingerprint density at radius 2 is 2.35 bits per heavy atom. The molecule has 0 aromatic heterocycles. The molecule has 1 heterocycles. The van der Waals surface area contributed by atoms with Crippen molar-refractivity contribution in [3.63, 3.8) is 0 Å². The molecular weight excluding hydrogens is 256 g/mol. The summed E-state index contributed by atoms with van der Waals surface area (Å²) in [4.78, 5) is 12.5. The number of rotatable bonds is 3. The number of methoxy groups -OCH3 is 1. The van der Waals surface area contributed by atoms with Crippen LogP contribution in [0.15, 0.2) is 18.2 Å². The monoisotopic (exact) mass is 276 g/mol. The minimum Gasteiger partial charge on any atom is -0.489 e. The molecule has 2 atom stereocenters. The molecule has 5 heteroatoms. The average Bonchev–Trinajstić information content (AvgIpc) is 2.93. The number of hydrogen-bond donors (Lipinski definition) is 2. The van der Waals surface area contributed by atoms with Crippen molar-refractivity contribution in [3.8, 4) is 5.75 Å². The van der Waals surface area contributed by atoms with E-state index in [9.17, 15) is 4.79 Å². The van der Waals surface area contributed by atoms with E-state index in [1.165, 1.54) is 0 Å². The quantitative estimate of drug-likeness (QED) is 0.883. The molecule has 2 unspecified atom stereocenters. The van der Waals surface area contributed by atoms with Gasteiger partial charge in [0.1, 0.15) is 6.61 Å². The Balaban J connectivity index is 1.77. The van der Waals surface area contributed by atoms with Crippen molar-refractivity contribution in [3.05, 3.63) is 23.8 Å². The second-order valence-corrected chi connectivity index (χ2v) is 5.24. The van der Waals surface area contributed by atoms with E-state index >= 15 is 0 Å². The highest BCUT2D eigenvalue weighted by Crippen LogP contribution is 2.31. The summed E-state index contributed by atoms with van der Waals surface area (Å²) in [6.45, 7) is 1.36. The van der Waals surface area contributed by atoms with Gasteiger partial charge in [-0.15, -0.1) is 0 Å². The summed E-state index contributed by atoms with van der Waals surface area (Å²) in [6, 6.07) is 5.70. The highest BCUT2D eigenvalue weighted by molar-refractivity contribution is 5.99. The number of ether oxygens (including phenoxy) is 2. The van der Waals surface area contributed by atoms with Gasteiger partial charge in [0, 0.05) is 13.7 Å². The third-order valence-corrected chi connectivity index (χ3v) is 4.00. The van der Waals surface area contributed by atoms with E-state index in [-0.39, 0.29) is 18.1 Å². The molecule has 108 valence electrons. The lowest BCUT2D eigenvalue weighted by atomic mass is 10.1.